The standard InChI is InChI=1S/C15H17N5/c1-11-3-5-13(6-4-11)7-8-17-14-9-15(18-10-16)20-12(2)19-14/h3-6,9H,7-8H2,1-2H3,(H2,17,18,19,20). The van der Waals surface area contributed by atoms with Gasteiger partial charge in [0.2, 0.25) is 0 Å². The first kappa shape index (κ1) is 13.8. The summed E-state index contributed by atoms with van der Waals surface area (Å²) in [6.07, 6.45) is 2.78. The first-order valence-corrected chi connectivity index (χ1v) is 6.47. The van der Waals surface area contributed by atoms with Crippen molar-refractivity contribution in [3.8, 4) is 6.19 Å². The van der Waals surface area contributed by atoms with Crippen LogP contribution < -0.4 is 10.6 Å². The van der Waals surface area contributed by atoms with E-state index in [0.717, 1.165) is 18.8 Å². The molecule has 0 aliphatic carbocycles. The third-order valence-electron chi connectivity index (χ3n) is 2.86. The predicted octanol–water partition coefficient (Wildman–Crippen LogP) is 2.64. The number of benzene rings is 1. The van der Waals surface area contributed by atoms with Gasteiger partial charge in [-0.1, -0.05) is 29.8 Å². The molecule has 1 heterocycles. The van der Waals surface area contributed by atoms with Crippen molar-refractivity contribution < 1.29 is 0 Å². The zero-order valence-corrected chi connectivity index (χ0v) is 11.6. The number of nitrogens with zero attached hydrogens (tertiary/aromatic N) is 3. The van der Waals surface area contributed by atoms with Crippen LogP contribution >= 0.6 is 0 Å². The van der Waals surface area contributed by atoms with Crippen molar-refractivity contribution in [1.82, 2.24) is 9.97 Å². The van der Waals surface area contributed by atoms with Gasteiger partial charge in [0.05, 0.1) is 0 Å². The van der Waals surface area contributed by atoms with Crippen molar-refractivity contribution >= 4 is 11.6 Å². The van der Waals surface area contributed by atoms with Crippen LogP contribution in [0.4, 0.5) is 11.6 Å². The van der Waals surface area contributed by atoms with Crippen LogP contribution in [0.1, 0.15) is 17.0 Å². The molecule has 0 aliphatic heterocycles. The highest BCUT2D eigenvalue weighted by Crippen LogP contribution is 2.11. The second-order valence-electron chi connectivity index (χ2n) is 4.58. The van der Waals surface area contributed by atoms with Gasteiger partial charge in [0.1, 0.15) is 17.5 Å². The van der Waals surface area contributed by atoms with E-state index in [-0.39, 0.29) is 0 Å². The number of nitriles is 1. The van der Waals surface area contributed by atoms with Gasteiger partial charge >= 0.3 is 0 Å². The first-order chi connectivity index (χ1) is 9.67. The lowest BCUT2D eigenvalue weighted by atomic mass is 10.1. The summed E-state index contributed by atoms with van der Waals surface area (Å²) in [4.78, 5) is 8.40. The number of hydrogen-bond donors (Lipinski definition) is 2. The van der Waals surface area contributed by atoms with Crippen LogP contribution in [0.25, 0.3) is 0 Å². The van der Waals surface area contributed by atoms with Gasteiger partial charge in [0.15, 0.2) is 6.19 Å². The maximum atomic E-state index is 8.61. The Morgan fingerprint density at radius 1 is 1.10 bits per heavy atom. The van der Waals surface area contributed by atoms with Crippen molar-refractivity contribution in [1.29, 1.82) is 5.26 Å². The van der Waals surface area contributed by atoms with E-state index in [4.69, 9.17) is 5.26 Å². The third kappa shape index (κ3) is 3.95. The minimum absolute atomic E-state index is 0.512. The Labute approximate surface area is 118 Å². The minimum atomic E-state index is 0.512. The highest BCUT2D eigenvalue weighted by molar-refractivity contribution is 5.49. The van der Waals surface area contributed by atoms with Gasteiger partial charge < -0.3 is 5.32 Å². The van der Waals surface area contributed by atoms with Crippen LogP contribution in [0.5, 0.6) is 0 Å². The maximum absolute atomic E-state index is 8.61. The molecule has 2 aromatic rings. The van der Waals surface area contributed by atoms with Gasteiger partial charge in [0.25, 0.3) is 0 Å². The van der Waals surface area contributed by atoms with E-state index >= 15 is 0 Å². The van der Waals surface area contributed by atoms with Crippen LogP contribution in [0, 0.1) is 25.3 Å². The highest BCUT2D eigenvalue weighted by atomic mass is 15.1. The Balaban J connectivity index is 1.93. The van der Waals surface area contributed by atoms with E-state index in [1.165, 1.54) is 11.1 Å². The summed E-state index contributed by atoms with van der Waals surface area (Å²) in [6.45, 7) is 4.66. The molecule has 0 amide bonds. The van der Waals surface area contributed by atoms with Crippen molar-refractivity contribution in [2.75, 3.05) is 17.2 Å². The molecule has 102 valence electrons. The van der Waals surface area contributed by atoms with E-state index in [1.807, 2.05) is 6.19 Å². The lowest BCUT2D eigenvalue weighted by Crippen LogP contribution is -2.08. The summed E-state index contributed by atoms with van der Waals surface area (Å²) in [7, 11) is 0. The molecule has 2 N–H and O–H groups in total. The van der Waals surface area contributed by atoms with Crippen LogP contribution in [0.3, 0.4) is 0 Å². The molecule has 0 bridgehead atoms. The summed E-state index contributed by atoms with van der Waals surface area (Å²) >= 11 is 0. The minimum Gasteiger partial charge on any atom is -0.370 e. The van der Waals surface area contributed by atoms with Gasteiger partial charge in [0, 0.05) is 12.6 Å². The molecular formula is C15H17N5. The molecule has 2 rings (SSSR count). The molecule has 0 saturated carbocycles. The summed E-state index contributed by atoms with van der Waals surface area (Å²) < 4.78 is 0. The monoisotopic (exact) mass is 267 g/mol. The SMILES string of the molecule is Cc1ccc(CCNc2cc(NC#N)nc(C)n2)cc1. The fraction of sp³-hybridized carbons (Fsp3) is 0.267. The zero-order valence-electron chi connectivity index (χ0n) is 11.6. The average molecular weight is 267 g/mol. The van der Waals surface area contributed by atoms with Gasteiger partial charge in [-0.25, -0.2) is 9.97 Å². The van der Waals surface area contributed by atoms with Crippen molar-refractivity contribution in [2.45, 2.75) is 20.3 Å². The summed E-state index contributed by atoms with van der Waals surface area (Å²) in [5.74, 6) is 1.86. The molecule has 20 heavy (non-hydrogen) atoms. The van der Waals surface area contributed by atoms with Crippen LogP contribution in [0.15, 0.2) is 30.3 Å². The van der Waals surface area contributed by atoms with E-state index in [0.29, 0.717) is 11.6 Å². The Morgan fingerprint density at radius 2 is 1.80 bits per heavy atom. The average Bonchev–Trinajstić information content (AvgIpc) is 2.41. The second-order valence-corrected chi connectivity index (χ2v) is 4.58. The third-order valence-corrected chi connectivity index (χ3v) is 2.86. The quantitative estimate of drug-likeness (QED) is 0.643. The maximum Gasteiger partial charge on any atom is 0.182 e. The largest absolute Gasteiger partial charge is 0.370 e. The van der Waals surface area contributed by atoms with E-state index in [1.54, 1.807) is 13.0 Å². The topological polar surface area (TPSA) is 73.6 Å². The smallest absolute Gasteiger partial charge is 0.182 e. The molecule has 0 aliphatic rings. The van der Waals surface area contributed by atoms with Crippen LogP contribution in [-0.2, 0) is 6.42 Å². The molecule has 0 saturated heterocycles. The molecule has 0 atom stereocenters. The van der Waals surface area contributed by atoms with Gasteiger partial charge in [-0.15, -0.1) is 0 Å². The first-order valence-electron chi connectivity index (χ1n) is 6.47. The molecule has 0 radical (unpaired) electrons. The molecule has 5 heteroatoms. The highest BCUT2D eigenvalue weighted by Gasteiger charge is 2.01. The number of nitrogens with one attached hydrogen (secondary N) is 2. The molecular weight excluding hydrogens is 250 g/mol. The van der Waals surface area contributed by atoms with Gasteiger partial charge in [-0.3, -0.25) is 5.32 Å². The number of anilines is 2. The number of hydrogen-bond acceptors (Lipinski definition) is 5. The normalized spacial score (nSPS) is 9.85. The Morgan fingerprint density at radius 3 is 2.50 bits per heavy atom. The van der Waals surface area contributed by atoms with Crippen LogP contribution in [-0.4, -0.2) is 16.5 Å². The van der Waals surface area contributed by atoms with E-state index in [2.05, 4.69) is 51.8 Å². The summed E-state index contributed by atoms with van der Waals surface area (Å²) in [5, 5.41) is 14.4. The molecule has 1 aromatic carbocycles. The molecule has 1 aromatic heterocycles. The van der Waals surface area contributed by atoms with Crippen LogP contribution in [0.2, 0.25) is 0 Å². The Bertz CT molecular complexity index is 613. The molecule has 0 spiro atoms. The van der Waals surface area contributed by atoms with E-state index < -0.39 is 0 Å². The molecule has 0 fully saturated rings. The molecule has 0 unspecified atom stereocenters. The summed E-state index contributed by atoms with van der Waals surface area (Å²) in [6, 6.07) is 10.2. The number of rotatable bonds is 5. The Hall–Kier alpha value is -2.61. The predicted molar refractivity (Wildman–Crippen MR) is 79.4 cm³/mol. The van der Waals surface area contributed by atoms with E-state index in [9.17, 15) is 0 Å². The zero-order chi connectivity index (χ0) is 14.4. The lowest BCUT2D eigenvalue weighted by molar-refractivity contribution is 0.982. The van der Waals surface area contributed by atoms with Gasteiger partial charge in [-0.2, -0.15) is 5.26 Å². The lowest BCUT2D eigenvalue weighted by Gasteiger charge is -2.08. The summed E-state index contributed by atoms with van der Waals surface area (Å²) in [5.41, 5.74) is 2.55. The fourth-order valence-corrected chi connectivity index (χ4v) is 1.87. The second kappa shape index (κ2) is 6.53. The molecule has 5 nitrogen and oxygen atoms in total. The number of aromatic nitrogens is 2. The van der Waals surface area contributed by atoms with Crippen molar-refractivity contribution in [3.63, 3.8) is 0 Å². The Kier molecular flexibility index (Phi) is 4.51. The van der Waals surface area contributed by atoms with Crippen molar-refractivity contribution in [3.05, 3.63) is 47.3 Å². The fourth-order valence-electron chi connectivity index (χ4n) is 1.87. The van der Waals surface area contributed by atoms with Crippen molar-refractivity contribution in [2.24, 2.45) is 0 Å². The number of aryl methyl sites for hydroxylation is 2. The van der Waals surface area contributed by atoms with Gasteiger partial charge in [-0.05, 0) is 25.8 Å².